The number of nitrogens with one attached hydrogen (secondary N) is 3. The van der Waals surface area contributed by atoms with Crippen molar-refractivity contribution >= 4 is 39.6 Å². The average Bonchev–Trinajstić information content (AvgIpc) is 3.31. The summed E-state index contributed by atoms with van der Waals surface area (Å²) < 4.78 is 5.28. The molecule has 0 aliphatic heterocycles. The molecule has 1 atom stereocenters. The van der Waals surface area contributed by atoms with E-state index in [2.05, 4.69) is 46.3 Å². The molecule has 35 heavy (non-hydrogen) atoms. The van der Waals surface area contributed by atoms with E-state index in [9.17, 15) is 9.59 Å². The molecule has 0 radical (unpaired) electrons. The van der Waals surface area contributed by atoms with Crippen molar-refractivity contribution in [3.8, 4) is 5.75 Å². The minimum absolute atomic E-state index is 0.153. The first-order chi connectivity index (χ1) is 17.0. The van der Waals surface area contributed by atoms with Gasteiger partial charge in [0.1, 0.15) is 11.8 Å². The summed E-state index contributed by atoms with van der Waals surface area (Å²) in [5.74, 6) is 0.181. The van der Waals surface area contributed by atoms with Crippen molar-refractivity contribution in [2.24, 2.45) is 0 Å². The Morgan fingerprint density at radius 1 is 0.800 bits per heavy atom. The third kappa shape index (κ3) is 4.55. The Morgan fingerprint density at radius 2 is 1.54 bits per heavy atom. The standard InChI is InChI=1S/C29H27N3O3/c1-18(30-24-17-14-20-11-10-19-6-5-7-23(24)27(19)20)28(33)31-22-15-12-21(13-16-22)29(34)32-25-8-3-4-9-26(25)35-2/h3-9,12-18,30H,10-11H2,1-2H3,(H,31,33)(H,32,34). The first kappa shape index (κ1) is 22.5. The normalized spacial score (nSPS) is 12.7. The first-order valence-electron chi connectivity index (χ1n) is 11.7. The van der Waals surface area contributed by atoms with Gasteiger partial charge in [-0.15, -0.1) is 0 Å². The van der Waals surface area contributed by atoms with Gasteiger partial charge in [0, 0.05) is 22.3 Å². The second kappa shape index (κ2) is 9.50. The van der Waals surface area contributed by atoms with Crippen LogP contribution in [0.25, 0.3) is 10.8 Å². The predicted octanol–water partition coefficient (Wildman–Crippen LogP) is 5.64. The molecular formula is C29H27N3O3. The summed E-state index contributed by atoms with van der Waals surface area (Å²) in [6, 6.07) is 24.2. The fourth-order valence-electron chi connectivity index (χ4n) is 4.57. The number of para-hydroxylation sites is 2. The Labute approximate surface area is 204 Å². The molecule has 6 nitrogen and oxygen atoms in total. The van der Waals surface area contributed by atoms with E-state index in [0.717, 1.165) is 23.9 Å². The number of rotatable bonds is 7. The number of hydrogen-bond acceptors (Lipinski definition) is 4. The van der Waals surface area contributed by atoms with Crippen LogP contribution in [0.4, 0.5) is 17.1 Å². The van der Waals surface area contributed by atoms with Crippen molar-refractivity contribution in [2.45, 2.75) is 25.8 Å². The third-order valence-electron chi connectivity index (χ3n) is 6.41. The van der Waals surface area contributed by atoms with Crippen molar-refractivity contribution in [3.05, 3.63) is 95.6 Å². The molecule has 1 unspecified atom stereocenters. The molecule has 3 N–H and O–H groups in total. The van der Waals surface area contributed by atoms with Gasteiger partial charge in [0.05, 0.1) is 12.8 Å². The van der Waals surface area contributed by atoms with Crippen LogP contribution in [-0.2, 0) is 17.6 Å². The van der Waals surface area contributed by atoms with Crippen LogP contribution in [0.15, 0.2) is 78.9 Å². The molecule has 0 bridgehead atoms. The van der Waals surface area contributed by atoms with Crippen LogP contribution in [0.1, 0.15) is 28.4 Å². The van der Waals surface area contributed by atoms with Gasteiger partial charge in [0.2, 0.25) is 5.91 Å². The maximum Gasteiger partial charge on any atom is 0.255 e. The van der Waals surface area contributed by atoms with Gasteiger partial charge in [-0.1, -0.05) is 36.4 Å². The number of hydrogen-bond donors (Lipinski definition) is 3. The number of ether oxygens (including phenoxy) is 1. The maximum atomic E-state index is 12.9. The van der Waals surface area contributed by atoms with E-state index in [0.29, 0.717) is 22.7 Å². The van der Waals surface area contributed by atoms with Gasteiger partial charge < -0.3 is 20.7 Å². The summed E-state index contributed by atoms with van der Waals surface area (Å²) in [5, 5.41) is 11.6. The zero-order valence-corrected chi connectivity index (χ0v) is 19.7. The van der Waals surface area contributed by atoms with Crippen molar-refractivity contribution in [1.29, 1.82) is 0 Å². The van der Waals surface area contributed by atoms with E-state index >= 15 is 0 Å². The highest BCUT2D eigenvalue weighted by atomic mass is 16.5. The van der Waals surface area contributed by atoms with E-state index in [1.807, 2.05) is 19.1 Å². The molecule has 4 aromatic carbocycles. The van der Waals surface area contributed by atoms with E-state index in [4.69, 9.17) is 4.74 Å². The van der Waals surface area contributed by atoms with Crippen LogP contribution in [0, 0.1) is 0 Å². The van der Waals surface area contributed by atoms with Crippen LogP contribution < -0.4 is 20.7 Å². The Morgan fingerprint density at radius 3 is 2.31 bits per heavy atom. The minimum Gasteiger partial charge on any atom is -0.495 e. The number of carbonyl (C=O) groups is 2. The molecular weight excluding hydrogens is 438 g/mol. The lowest BCUT2D eigenvalue weighted by atomic mass is 10.0. The number of carbonyl (C=O) groups excluding carboxylic acids is 2. The monoisotopic (exact) mass is 465 g/mol. The fourth-order valence-corrected chi connectivity index (χ4v) is 4.57. The Hall–Kier alpha value is -4.32. The summed E-state index contributed by atoms with van der Waals surface area (Å²) >= 11 is 0. The molecule has 0 aromatic heterocycles. The van der Waals surface area contributed by atoms with Crippen LogP contribution in [0.2, 0.25) is 0 Å². The van der Waals surface area contributed by atoms with Gasteiger partial charge in [-0.25, -0.2) is 0 Å². The Bertz CT molecular complexity index is 1400. The van der Waals surface area contributed by atoms with Gasteiger partial charge in [0.25, 0.3) is 5.91 Å². The third-order valence-corrected chi connectivity index (χ3v) is 6.41. The van der Waals surface area contributed by atoms with Crippen LogP contribution in [0.5, 0.6) is 5.75 Å². The molecule has 0 spiro atoms. The SMILES string of the molecule is COc1ccccc1NC(=O)c1ccc(NC(=O)C(C)Nc2ccc3c4c(cccc24)CC3)cc1. The summed E-state index contributed by atoms with van der Waals surface area (Å²) in [6.07, 6.45) is 2.14. The van der Waals surface area contributed by atoms with E-state index in [1.165, 1.54) is 16.5 Å². The van der Waals surface area contributed by atoms with E-state index in [1.54, 1.807) is 43.5 Å². The van der Waals surface area contributed by atoms with E-state index in [-0.39, 0.29) is 11.8 Å². The van der Waals surface area contributed by atoms with Crippen molar-refractivity contribution < 1.29 is 14.3 Å². The molecule has 0 heterocycles. The summed E-state index contributed by atoms with van der Waals surface area (Å²) in [7, 11) is 1.56. The quantitative estimate of drug-likeness (QED) is 0.330. The molecule has 6 heteroatoms. The number of methoxy groups -OCH3 is 1. The molecule has 5 rings (SSSR count). The van der Waals surface area contributed by atoms with Crippen molar-refractivity contribution in [3.63, 3.8) is 0 Å². The van der Waals surface area contributed by atoms with Gasteiger partial charge in [0.15, 0.2) is 0 Å². The lowest BCUT2D eigenvalue weighted by Gasteiger charge is -2.18. The average molecular weight is 466 g/mol. The second-order valence-corrected chi connectivity index (χ2v) is 8.70. The lowest BCUT2D eigenvalue weighted by molar-refractivity contribution is -0.116. The number of anilines is 3. The molecule has 0 saturated carbocycles. The first-order valence-corrected chi connectivity index (χ1v) is 11.7. The van der Waals surface area contributed by atoms with Crippen LogP contribution >= 0.6 is 0 Å². The van der Waals surface area contributed by atoms with Crippen molar-refractivity contribution in [2.75, 3.05) is 23.1 Å². The summed E-state index contributed by atoms with van der Waals surface area (Å²) in [6.45, 7) is 1.84. The number of aryl methyl sites for hydroxylation is 2. The lowest BCUT2D eigenvalue weighted by Crippen LogP contribution is -2.32. The van der Waals surface area contributed by atoms with Crippen molar-refractivity contribution in [1.82, 2.24) is 0 Å². The van der Waals surface area contributed by atoms with Gasteiger partial charge in [-0.2, -0.15) is 0 Å². The fraction of sp³-hybridized carbons (Fsp3) is 0.172. The van der Waals surface area contributed by atoms with Gasteiger partial charge in [-0.3, -0.25) is 9.59 Å². The van der Waals surface area contributed by atoms with Crippen LogP contribution in [-0.4, -0.2) is 25.0 Å². The highest BCUT2D eigenvalue weighted by molar-refractivity contribution is 6.06. The Balaban J connectivity index is 1.23. The minimum atomic E-state index is -0.443. The highest BCUT2D eigenvalue weighted by Crippen LogP contribution is 2.35. The Kier molecular flexibility index (Phi) is 6.10. The zero-order valence-electron chi connectivity index (χ0n) is 19.7. The molecule has 0 saturated heterocycles. The molecule has 176 valence electrons. The largest absolute Gasteiger partial charge is 0.495 e. The van der Waals surface area contributed by atoms with E-state index < -0.39 is 6.04 Å². The summed E-state index contributed by atoms with van der Waals surface area (Å²) in [5.41, 5.74) is 5.39. The van der Waals surface area contributed by atoms with Gasteiger partial charge >= 0.3 is 0 Å². The highest BCUT2D eigenvalue weighted by Gasteiger charge is 2.19. The molecule has 0 fully saturated rings. The smallest absolute Gasteiger partial charge is 0.255 e. The molecule has 1 aliphatic rings. The number of benzene rings is 4. The second-order valence-electron chi connectivity index (χ2n) is 8.70. The molecule has 1 aliphatic carbocycles. The molecule has 4 aromatic rings. The summed E-state index contributed by atoms with van der Waals surface area (Å²) in [4.78, 5) is 25.5. The topological polar surface area (TPSA) is 79.5 Å². The molecule has 2 amide bonds. The predicted molar refractivity (Wildman–Crippen MR) is 140 cm³/mol. The maximum absolute atomic E-state index is 12.9. The van der Waals surface area contributed by atoms with Crippen LogP contribution in [0.3, 0.4) is 0 Å². The zero-order chi connectivity index (χ0) is 24.4. The van der Waals surface area contributed by atoms with Gasteiger partial charge in [-0.05, 0) is 78.7 Å². The number of amides is 2.